The van der Waals surface area contributed by atoms with Crippen molar-refractivity contribution in [2.45, 2.75) is 13.0 Å². The Hall–Kier alpha value is -0.970. The highest BCUT2D eigenvalue weighted by molar-refractivity contribution is 4.80. The van der Waals surface area contributed by atoms with Crippen molar-refractivity contribution in [1.82, 2.24) is 0 Å². The van der Waals surface area contributed by atoms with Crippen LogP contribution in [0.25, 0.3) is 0 Å². The SMILES string of the molecule is C=COC(C)C#N. The molecule has 0 aliphatic heterocycles. The molecule has 1 atom stereocenters. The lowest BCUT2D eigenvalue weighted by atomic mass is 10.5. The third kappa shape index (κ3) is 2.84. The molecule has 0 amide bonds. The van der Waals surface area contributed by atoms with Crippen LogP contribution in [0.4, 0.5) is 0 Å². The van der Waals surface area contributed by atoms with Crippen LogP contribution in [-0.4, -0.2) is 6.10 Å². The molecule has 0 aromatic heterocycles. The molecule has 38 valence electrons. The molecule has 0 fully saturated rings. The second kappa shape index (κ2) is 3.23. The first-order chi connectivity index (χ1) is 3.31. The quantitative estimate of drug-likeness (QED) is 0.482. The topological polar surface area (TPSA) is 33.0 Å². The number of hydrogen-bond donors (Lipinski definition) is 0. The van der Waals surface area contributed by atoms with E-state index in [2.05, 4.69) is 11.3 Å². The van der Waals surface area contributed by atoms with E-state index in [4.69, 9.17) is 5.26 Å². The zero-order valence-electron chi connectivity index (χ0n) is 4.22. The predicted molar refractivity (Wildman–Crippen MR) is 26.4 cm³/mol. The van der Waals surface area contributed by atoms with Gasteiger partial charge in [-0.15, -0.1) is 0 Å². The van der Waals surface area contributed by atoms with Gasteiger partial charge in [0.15, 0.2) is 6.10 Å². The zero-order chi connectivity index (χ0) is 5.70. The summed E-state index contributed by atoms with van der Waals surface area (Å²) in [6.07, 6.45) is 0.894. The number of ether oxygens (including phenoxy) is 1. The van der Waals surface area contributed by atoms with Crippen LogP contribution in [0, 0.1) is 11.3 Å². The Kier molecular flexibility index (Phi) is 2.78. The van der Waals surface area contributed by atoms with Crippen LogP contribution in [0.2, 0.25) is 0 Å². The van der Waals surface area contributed by atoms with Crippen LogP contribution in [-0.2, 0) is 4.74 Å². The molecule has 0 radical (unpaired) electrons. The molecular weight excluding hydrogens is 90.1 g/mol. The van der Waals surface area contributed by atoms with Gasteiger partial charge >= 0.3 is 0 Å². The van der Waals surface area contributed by atoms with Crippen LogP contribution in [0.3, 0.4) is 0 Å². The second-order valence-electron chi connectivity index (χ2n) is 1.07. The van der Waals surface area contributed by atoms with Gasteiger partial charge in [0.2, 0.25) is 0 Å². The number of hydrogen-bond acceptors (Lipinski definition) is 2. The van der Waals surface area contributed by atoms with E-state index in [-0.39, 0.29) is 6.10 Å². The maximum absolute atomic E-state index is 8.04. The molecule has 2 nitrogen and oxygen atoms in total. The third-order valence-corrected chi connectivity index (χ3v) is 0.482. The number of nitriles is 1. The van der Waals surface area contributed by atoms with Crippen molar-refractivity contribution in [1.29, 1.82) is 5.26 Å². The fourth-order valence-corrected chi connectivity index (χ4v) is 0.175. The molecule has 0 aromatic carbocycles. The summed E-state index contributed by atoms with van der Waals surface area (Å²) in [5, 5.41) is 8.04. The van der Waals surface area contributed by atoms with Gasteiger partial charge in [-0.05, 0) is 6.92 Å². The maximum atomic E-state index is 8.04. The molecule has 2 heteroatoms. The molecule has 0 saturated heterocycles. The largest absolute Gasteiger partial charge is 0.484 e. The summed E-state index contributed by atoms with van der Waals surface area (Å²) in [5.74, 6) is 0. The molecule has 7 heavy (non-hydrogen) atoms. The molecule has 0 N–H and O–H groups in total. The van der Waals surface area contributed by atoms with E-state index >= 15 is 0 Å². The van der Waals surface area contributed by atoms with Crippen LogP contribution >= 0.6 is 0 Å². The highest BCUT2D eigenvalue weighted by atomic mass is 16.5. The van der Waals surface area contributed by atoms with E-state index in [0.29, 0.717) is 0 Å². The normalized spacial score (nSPS) is 11.4. The number of nitrogens with zero attached hydrogens (tertiary/aromatic N) is 1. The van der Waals surface area contributed by atoms with Crippen LogP contribution in [0.15, 0.2) is 12.8 Å². The van der Waals surface area contributed by atoms with E-state index in [9.17, 15) is 0 Å². The van der Waals surface area contributed by atoms with Crippen LogP contribution in [0.1, 0.15) is 6.92 Å². The number of rotatable bonds is 2. The summed E-state index contributed by atoms with van der Waals surface area (Å²) in [7, 11) is 0. The smallest absolute Gasteiger partial charge is 0.180 e. The Morgan fingerprint density at radius 1 is 2.00 bits per heavy atom. The Morgan fingerprint density at radius 2 is 2.57 bits per heavy atom. The highest BCUT2D eigenvalue weighted by Crippen LogP contribution is 1.84. The van der Waals surface area contributed by atoms with E-state index in [1.54, 1.807) is 6.92 Å². The predicted octanol–water partition coefficient (Wildman–Crippen LogP) is 1.06. The molecule has 0 aliphatic rings. The highest BCUT2D eigenvalue weighted by Gasteiger charge is 1.90. The second-order valence-corrected chi connectivity index (χ2v) is 1.07. The summed E-state index contributed by atoms with van der Waals surface area (Å²) >= 11 is 0. The van der Waals surface area contributed by atoms with Crippen molar-refractivity contribution in [3.8, 4) is 6.07 Å². The average molecular weight is 97.1 g/mol. The lowest BCUT2D eigenvalue weighted by Crippen LogP contribution is -1.97. The van der Waals surface area contributed by atoms with E-state index < -0.39 is 0 Å². The van der Waals surface area contributed by atoms with Gasteiger partial charge < -0.3 is 4.74 Å². The van der Waals surface area contributed by atoms with E-state index in [1.165, 1.54) is 6.26 Å². The van der Waals surface area contributed by atoms with Crippen molar-refractivity contribution in [2.75, 3.05) is 0 Å². The van der Waals surface area contributed by atoms with Gasteiger partial charge in [0, 0.05) is 0 Å². The molecule has 0 rings (SSSR count). The first-order valence-electron chi connectivity index (χ1n) is 1.97. The molecule has 0 aliphatic carbocycles. The molecule has 1 unspecified atom stereocenters. The Bertz CT molecular complexity index is 92.7. The van der Waals surface area contributed by atoms with Crippen molar-refractivity contribution < 1.29 is 4.74 Å². The fraction of sp³-hybridized carbons (Fsp3) is 0.400. The standard InChI is InChI=1S/C5H7NO/c1-3-7-5(2)4-6/h3,5H,1H2,2H3. The van der Waals surface area contributed by atoms with E-state index in [1.807, 2.05) is 6.07 Å². The minimum absolute atomic E-state index is 0.363. The molecule has 0 aromatic rings. The monoisotopic (exact) mass is 97.1 g/mol. The van der Waals surface area contributed by atoms with Gasteiger partial charge in [-0.25, -0.2) is 0 Å². The van der Waals surface area contributed by atoms with Gasteiger partial charge in [-0.1, -0.05) is 6.58 Å². The van der Waals surface area contributed by atoms with E-state index in [0.717, 1.165) is 0 Å². The molecule has 0 spiro atoms. The van der Waals surface area contributed by atoms with Gasteiger partial charge in [0.25, 0.3) is 0 Å². The van der Waals surface area contributed by atoms with Crippen molar-refractivity contribution in [3.63, 3.8) is 0 Å². The van der Waals surface area contributed by atoms with Crippen molar-refractivity contribution in [2.24, 2.45) is 0 Å². The van der Waals surface area contributed by atoms with Gasteiger partial charge in [-0.3, -0.25) is 0 Å². The first kappa shape index (κ1) is 6.03. The molecular formula is C5H7NO. The molecule has 0 saturated carbocycles. The zero-order valence-corrected chi connectivity index (χ0v) is 4.22. The summed E-state index contributed by atoms with van der Waals surface area (Å²) < 4.78 is 4.59. The lowest BCUT2D eigenvalue weighted by Gasteiger charge is -1.96. The minimum atomic E-state index is -0.363. The Labute approximate surface area is 43.0 Å². The first-order valence-corrected chi connectivity index (χ1v) is 1.97. The summed E-state index contributed by atoms with van der Waals surface area (Å²) in [6, 6.07) is 1.87. The van der Waals surface area contributed by atoms with Gasteiger partial charge in [0.1, 0.15) is 6.07 Å². The van der Waals surface area contributed by atoms with Gasteiger partial charge in [-0.2, -0.15) is 5.26 Å². The van der Waals surface area contributed by atoms with Crippen LogP contribution in [0.5, 0.6) is 0 Å². The van der Waals surface area contributed by atoms with Crippen molar-refractivity contribution in [3.05, 3.63) is 12.8 Å². The summed E-state index contributed by atoms with van der Waals surface area (Å²) in [5.41, 5.74) is 0. The lowest BCUT2D eigenvalue weighted by molar-refractivity contribution is 0.211. The van der Waals surface area contributed by atoms with Crippen LogP contribution < -0.4 is 0 Å². The summed E-state index contributed by atoms with van der Waals surface area (Å²) in [6.45, 7) is 4.93. The third-order valence-electron chi connectivity index (χ3n) is 0.482. The fourth-order valence-electron chi connectivity index (χ4n) is 0.175. The summed E-state index contributed by atoms with van der Waals surface area (Å²) in [4.78, 5) is 0. The Balaban J connectivity index is 3.21. The minimum Gasteiger partial charge on any atom is -0.484 e. The average Bonchev–Trinajstić information content (AvgIpc) is 1.68. The van der Waals surface area contributed by atoms with Gasteiger partial charge in [0.05, 0.1) is 6.26 Å². The maximum Gasteiger partial charge on any atom is 0.180 e. The molecule has 0 bridgehead atoms. The Morgan fingerprint density at radius 3 is 2.71 bits per heavy atom. The van der Waals surface area contributed by atoms with Crippen molar-refractivity contribution >= 4 is 0 Å². The molecule has 0 heterocycles.